The van der Waals surface area contributed by atoms with Gasteiger partial charge in [-0.1, -0.05) is 50.1 Å². The zero-order chi connectivity index (χ0) is 25.5. The van der Waals surface area contributed by atoms with E-state index in [0.717, 1.165) is 6.42 Å². The number of benzene rings is 4. The Bertz CT molecular complexity index is 1350. The number of rotatable bonds is 2. The molecule has 0 aliphatic heterocycles. The van der Waals surface area contributed by atoms with Crippen LogP contribution in [0, 0.1) is 33.8 Å². The maximum atomic E-state index is 3.45. The third kappa shape index (κ3) is 8.45. The van der Waals surface area contributed by atoms with E-state index in [0.29, 0.717) is 0 Å². The summed E-state index contributed by atoms with van der Waals surface area (Å²) in [5.41, 5.74) is 10.5. The predicted octanol–water partition coefficient (Wildman–Crippen LogP) is 1.04. The fourth-order valence-corrected chi connectivity index (χ4v) is 8.19. The first-order valence-corrected chi connectivity index (χ1v) is 17.6. The summed E-state index contributed by atoms with van der Waals surface area (Å²) in [6.45, 7) is 8.50. The monoisotopic (exact) mass is 628 g/mol. The van der Waals surface area contributed by atoms with Crippen molar-refractivity contribution in [2.24, 2.45) is 0 Å². The van der Waals surface area contributed by atoms with Gasteiger partial charge in [0.2, 0.25) is 0 Å². The molecule has 0 heterocycles. The SMILES string of the molecule is Cc1[c-]c2c(cc1)-c1ccc(C)cc1C2.Cc1c[cH-]cc1C.[Cl-].[Cl-].[Zr+2]=[Si](c1ccccc1)c1ccccc1. The molecule has 0 fully saturated rings. The van der Waals surface area contributed by atoms with Gasteiger partial charge in [0.05, 0.1) is 0 Å². The molecule has 5 aromatic rings. The van der Waals surface area contributed by atoms with E-state index in [2.05, 4.69) is 143 Å². The standard InChI is InChI=1S/C15H13.C12H10Si.C7H9.2ClH.Zr/c1-10-3-5-14-12(7-10)9-13-8-11(2)4-6-15(13)14;1-3-7-11(8-4-1)13-12-9-5-2-6-10-12;1-6-4-3-5-7(6)2;;;/h3-7H,9H2,1-2H3;1-10H;3-5H,1-2H3;2*1H;/q-1;;-1;;;+2/p-2. The average molecular weight is 631 g/mol. The number of aryl methyl sites for hydroxylation is 4. The number of hydrogen-bond acceptors (Lipinski definition) is 0. The van der Waals surface area contributed by atoms with E-state index in [1.54, 1.807) is 23.3 Å². The molecule has 0 radical (unpaired) electrons. The van der Waals surface area contributed by atoms with Crippen LogP contribution in [0.5, 0.6) is 0 Å². The first-order chi connectivity index (χ1) is 17.4. The van der Waals surface area contributed by atoms with Gasteiger partial charge in [-0.25, -0.2) is 0 Å². The molecule has 192 valence electrons. The van der Waals surface area contributed by atoms with Crippen molar-refractivity contribution < 1.29 is 48.1 Å². The molecule has 0 aromatic heterocycles. The fourth-order valence-electron chi connectivity index (χ4n) is 4.35. The molecule has 0 spiro atoms. The van der Waals surface area contributed by atoms with Crippen molar-refractivity contribution in [3.63, 3.8) is 0 Å². The van der Waals surface area contributed by atoms with Gasteiger partial charge in [0.15, 0.2) is 0 Å². The molecule has 0 saturated heterocycles. The summed E-state index contributed by atoms with van der Waals surface area (Å²) in [5, 5.41) is 3.03. The molecule has 4 heteroatoms. The molecule has 0 atom stereocenters. The second kappa shape index (κ2) is 15.5. The van der Waals surface area contributed by atoms with Gasteiger partial charge in [0, 0.05) is 0 Å². The van der Waals surface area contributed by atoms with E-state index in [9.17, 15) is 0 Å². The molecular weight excluding hydrogens is 599 g/mol. The quantitative estimate of drug-likeness (QED) is 0.198. The Labute approximate surface area is 256 Å². The van der Waals surface area contributed by atoms with E-state index in [4.69, 9.17) is 0 Å². The molecule has 1 aliphatic carbocycles. The van der Waals surface area contributed by atoms with Crippen LogP contribution in [0.25, 0.3) is 11.1 Å². The van der Waals surface area contributed by atoms with E-state index >= 15 is 0 Å². The molecular formula is C34H32Cl2SiZr-2. The van der Waals surface area contributed by atoms with E-state index in [1.165, 1.54) is 54.9 Å². The first-order valence-electron chi connectivity index (χ1n) is 12.4. The van der Waals surface area contributed by atoms with E-state index in [1.807, 2.05) is 0 Å². The molecule has 0 nitrogen and oxygen atoms in total. The molecule has 0 N–H and O–H groups in total. The van der Waals surface area contributed by atoms with Crippen molar-refractivity contribution in [3.05, 3.63) is 149 Å². The van der Waals surface area contributed by atoms with Crippen LogP contribution in [0.3, 0.4) is 0 Å². The van der Waals surface area contributed by atoms with Crippen molar-refractivity contribution in [1.82, 2.24) is 0 Å². The molecule has 6 rings (SSSR count). The summed E-state index contributed by atoms with van der Waals surface area (Å²) in [6, 6.07) is 42.5. The third-order valence-electron chi connectivity index (χ3n) is 6.53. The Morgan fingerprint density at radius 3 is 1.71 bits per heavy atom. The Morgan fingerprint density at radius 1 is 0.684 bits per heavy atom. The second-order valence-corrected chi connectivity index (χ2v) is 15.0. The molecule has 0 unspecified atom stereocenters. The van der Waals surface area contributed by atoms with Gasteiger partial charge in [-0.05, 0) is 18.9 Å². The topological polar surface area (TPSA) is 0 Å². The van der Waals surface area contributed by atoms with Crippen molar-refractivity contribution in [2.45, 2.75) is 34.1 Å². The van der Waals surface area contributed by atoms with E-state index in [-0.39, 0.29) is 24.8 Å². The van der Waals surface area contributed by atoms with Crippen molar-refractivity contribution in [1.29, 1.82) is 0 Å². The summed E-state index contributed by atoms with van der Waals surface area (Å²) in [4.78, 5) is 0. The van der Waals surface area contributed by atoms with Crippen LogP contribution in [-0.2, 0) is 29.8 Å². The third-order valence-corrected chi connectivity index (χ3v) is 12.6. The molecule has 0 amide bonds. The zero-order valence-corrected chi connectivity index (χ0v) is 27.3. The van der Waals surface area contributed by atoms with Crippen molar-refractivity contribution >= 4 is 15.8 Å². The summed E-state index contributed by atoms with van der Waals surface area (Å²) in [7, 11) is 0. The van der Waals surface area contributed by atoms with Crippen molar-refractivity contribution in [2.75, 3.05) is 0 Å². The van der Waals surface area contributed by atoms with Crippen LogP contribution in [0.15, 0.2) is 109 Å². The molecule has 0 saturated carbocycles. The molecule has 38 heavy (non-hydrogen) atoms. The summed E-state index contributed by atoms with van der Waals surface area (Å²) < 4.78 is 0. The Balaban J connectivity index is 0.000000207. The van der Waals surface area contributed by atoms with Crippen LogP contribution in [0.4, 0.5) is 0 Å². The minimum atomic E-state index is -0.455. The summed E-state index contributed by atoms with van der Waals surface area (Å²) in [6.07, 6.45) is 1.05. The van der Waals surface area contributed by atoms with Gasteiger partial charge < -0.3 is 24.8 Å². The van der Waals surface area contributed by atoms with Crippen LogP contribution in [0.1, 0.15) is 33.4 Å². The molecule has 5 aromatic carbocycles. The first kappa shape index (κ1) is 32.1. The zero-order valence-electron chi connectivity index (χ0n) is 22.4. The Hall–Kier alpha value is -2.09. The Kier molecular flexibility index (Phi) is 13.1. The van der Waals surface area contributed by atoms with Crippen LogP contribution < -0.4 is 35.2 Å². The minimum absolute atomic E-state index is 0. The summed E-state index contributed by atoms with van der Waals surface area (Å²) >= 11 is 1.64. The number of hydrogen-bond donors (Lipinski definition) is 0. The van der Waals surface area contributed by atoms with Crippen LogP contribution >= 0.6 is 0 Å². The number of fused-ring (bicyclic) bond motifs is 3. The van der Waals surface area contributed by atoms with Gasteiger partial charge in [-0.15, -0.1) is 11.1 Å². The normalized spacial score (nSPS) is 10.3. The maximum absolute atomic E-state index is 3.45. The Morgan fingerprint density at radius 2 is 1.21 bits per heavy atom. The van der Waals surface area contributed by atoms with Crippen LogP contribution in [-0.4, -0.2) is 5.43 Å². The van der Waals surface area contributed by atoms with E-state index < -0.39 is 5.43 Å². The average Bonchev–Trinajstić information content (AvgIpc) is 3.45. The summed E-state index contributed by atoms with van der Waals surface area (Å²) in [5.74, 6) is 0. The van der Waals surface area contributed by atoms with Crippen LogP contribution in [0.2, 0.25) is 0 Å². The fraction of sp³-hybridized carbons (Fsp3) is 0.147. The molecule has 1 aliphatic rings. The van der Waals surface area contributed by atoms with Gasteiger partial charge in [0.25, 0.3) is 0 Å². The van der Waals surface area contributed by atoms with Gasteiger partial charge in [-0.2, -0.15) is 53.1 Å². The predicted molar refractivity (Wildman–Crippen MR) is 152 cm³/mol. The molecule has 0 bridgehead atoms. The van der Waals surface area contributed by atoms with Gasteiger partial charge in [0.1, 0.15) is 0 Å². The van der Waals surface area contributed by atoms with Gasteiger partial charge >= 0.3 is 99.8 Å². The second-order valence-electron chi connectivity index (χ2n) is 9.37. The van der Waals surface area contributed by atoms with Gasteiger partial charge in [-0.3, -0.25) is 0 Å². The van der Waals surface area contributed by atoms with Crippen molar-refractivity contribution in [3.8, 4) is 11.1 Å². The number of halogens is 2.